The number of pyridine rings is 1. The van der Waals surface area contributed by atoms with Gasteiger partial charge in [-0.1, -0.05) is 19.9 Å². The largest absolute Gasteiger partial charge is 0.473 e. The van der Waals surface area contributed by atoms with Crippen LogP contribution in [0, 0.1) is 17.3 Å². The van der Waals surface area contributed by atoms with Gasteiger partial charge in [-0.3, -0.25) is 4.98 Å². The number of hydrogen-bond donors (Lipinski definition) is 4. The van der Waals surface area contributed by atoms with Gasteiger partial charge in [0, 0.05) is 25.5 Å². The minimum atomic E-state index is -1.82. The van der Waals surface area contributed by atoms with E-state index in [4.69, 9.17) is 24.5 Å². The third kappa shape index (κ3) is 6.62. The number of carboxylic acids is 2. The van der Waals surface area contributed by atoms with Crippen LogP contribution in [-0.2, 0) is 20.9 Å². The van der Waals surface area contributed by atoms with Gasteiger partial charge in [-0.25, -0.2) is 9.59 Å². The first kappa shape index (κ1) is 23.0. The van der Waals surface area contributed by atoms with Crippen LogP contribution in [0.2, 0.25) is 0 Å². The van der Waals surface area contributed by atoms with Crippen LogP contribution in [0.25, 0.3) is 0 Å². The van der Waals surface area contributed by atoms with Gasteiger partial charge in [0.15, 0.2) is 0 Å². The smallest absolute Gasteiger partial charge is 0.414 e. The Bertz CT molecular complexity index is 707. The van der Waals surface area contributed by atoms with Crippen LogP contribution in [0.5, 0.6) is 0 Å². The molecule has 3 aliphatic rings. The Morgan fingerprint density at radius 3 is 2.48 bits per heavy atom. The number of aliphatic carboxylic acids is 2. The third-order valence-corrected chi connectivity index (χ3v) is 5.80. The van der Waals surface area contributed by atoms with Gasteiger partial charge in [0.1, 0.15) is 0 Å². The lowest BCUT2D eigenvalue weighted by molar-refractivity contribution is -0.159. The van der Waals surface area contributed by atoms with Gasteiger partial charge in [0.2, 0.25) is 0 Å². The molecule has 1 aromatic rings. The van der Waals surface area contributed by atoms with Crippen molar-refractivity contribution in [1.82, 2.24) is 10.3 Å². The van der Waals surface area contributed by atoms with E-state index in [-0.39, 0.29) is 0 Å². The summed E-state index contributed by atoms with van der Waals surface area (Å²) in [4.78, 5) is 22.2. The number of nitrogens with one attached hydrogen (secondary N) is 1. The summed E-state index contributed by atoms with van der Waals surface area (Å²) in [5.41, 5.74) is 3.05. The molecule has 4 N–H and O–H groups in total. The highest BCUT2D eigenvalue weighted by Crippen LogP contribution is 2.59. The predicted molar refractivity (Wildman–Crippen MR) is 106 cm³/mol. The first-order valence-corrected chi connectivity index (χ1v) is 9.72. The number of hydrogen-bond acceptors (Lipinski definition) is 6. The number of allylic oxidation sites excluding steroid dienone is 1. The maximum Gasteiger partial charge on any atom is 0.414 e. The van der Waals surface area contributed by atoms with Crippen molar-refractivity contribution in [2.75, 3.05) is 19.8 Å². The Morgan fingerprint density at radius 2 is 1.93 bits per heavy atom. The second-order valence-corrected chi connectivity index (χ2v) is 8.09. The van der Waals surface area contributed by atoms with Crippen LogP contribution in [0.15, 0.2) is 36.2 Å². The molecule has 0 aromatic carbocycles. The Hall–Kier alpha value is -2.29. The van der Waals surface area contributed by atoms with E-state index in [0.717, 1.165) is 12.5 Å². The lowest BCUT2D eigenvalue weighted by Crippen LogP contribution is -2.48. The van der Waals surface area contributed by atoms with Crippen LogP contribution in [0.4, 0.5) is 0 Å². The standard InChI is InChI=1S/C19H28N2O2.C2H2O4/c1-19(2)16-4-3-15(18(19)9-16)12-23-13-17(22)11-21-10-14-5-7-20-8-6-14;3-1(4)2(5)6/h3,5-8,16-18,21-22H,4,9-13H2,1-2H3;(H,3,4)(H,5,6). The molecule has 2 bridgehead atoms. The van der Waals surface area contributed by atoms with E-state index in [1.54, 1.807) is 12.4 Å². The van der Waals surface area contributed by atoms with E-state index >= 15 is 0 Å². The molecule has 0 amide bonds. The molecule has 1 heterocycles. The number of nitrogens with zero attached hydrogens (tertiary/aromatic N) is 1. The van der Waals surface area contributed by atoms with E-state index in [1.807, 2.05) is 12.1 Å². The van der Waals surface area contributed by atoms with Crippen LogP contribution in [0.3, 0.4) is 0 Å². The molecular weight excluding hydrogens is 376 g/mol. The third-order valence-electron chi connectivity index (χ3n) is 5.80. The van der Waals surface area contributed by atoms with Crippen molar-refractivity contribution in [2.45, 2.75) is 39.3 Å². The highest BCUT2D eigenvalue weighted by atomic mass is 16.5. The van der Waals surface area contributed by atoms with E-state index < -0.39 is 18.0 Å². The number of rotatable bonds is 8. The normalized spacial score (nSPS) is 22.4. The minimum absolute atomic E-state index is 0.386. The van der Waals surface area contributed by atoms with Gasteiger partial charge in [-0.05, 0) is 53.4 Å². The molecule has 4 rings (SSSR count). The Kier molecular flexibility index (Phi) is 8.31. The molecule has 0 radical (unpaired) electrons. The van der Waals surface area contributed by atoms with Crippen molar-refractivity contribution in [3.05, 3.63) is 41.7 Å². The Labute approximate surface area is 170 Å². The van der Waals surface area contributed by atoms with E-state index in [0.29, 0.717) is 31.1 Å². The second-order valence-electron chi connectivity index (χ2n) is 8.09. The Morgan fingerprint density at radius 1 is 1.28 bits per heavy atom. The number of ether oxygens (including phenoxy) is 1. The van der Waals surface area contributed by atoms with E-state index in [2.05, 4.69) is 30.2 Å². The lowest BCUT2D eigenvalue weighted by atomic mass is 9.49. The van der Waals surface area contributed by atoms with Crippen LogP contribution in [0.1, 0.15) is 32.3 Å². The minimum Gasteiger partial charge on any atom is -0.473 e. The molecule has 3 unspecified atom stereocenters. The average molecular weight is 406 g/mol. The zero-order chi connectivity index (χ0) is 21.4. The number of carboxylic acid groups (broad SMARTS) is 2. The Balaban J connectivity index is 0.000000438. The fourth-order valence-corrected chi connectivity index (χ4v) is 3.90. The molecule has 1 saturated carbocycles. The molecule has 160 valence electrons. The molecule has 29 heavy (non-hydrogen) atoms. The van der Waals surface area contributed by atoms with Crippen LogP contribution in [-0.4, -0.2) is 58.1 Å². The number of aromatic nitrogens is 1. The summed E-state index contributed by atoms with van der Waals surface area (Å²) in [6.07, 6.45) is 7.96. The second kappa shape index (κ2) is 10.5. The molecule has 8 nitrogen and oxygen atoms in total. The van der Waals surface area contributed by atoms with E-state index in [1.165, 1.54) is 24.0 Å². The molecule has 3 aliphatic carbocycles. The fraction of sp³-hybridized carbons (Fsp3) is 0.571. The number of fused-ring (bicyclic) bond motifs is 1. The van der Waals surface area contributed by atoms with Crippen molar-refractivity contribution >= 4 is 11.9 Å². The summed E-state index contributed by atoms with van der Waals surface area (Å²) >= 11 is 0. The summed E-state index contributed by atoms with van der Waals surface area (Å²) in [6, 6.07) is 3.94. The van der Waals surface area contributed by atoms with Crippen molar-refractivity contribution in [1.29, 1.82) is 0 Å². The monoisotopic (exact) mass is 406 g/mol. The zero-order valence-corrected chi connectivity index (χ0v) is 16.9. The highest BCUT2D eigenvalue weighted by Gasteiger charge is 2.50. The summed E-state index contributed by atoms with van der Waals surface area (Å²) in [6.45, 7) is 7.08. The maximum atomic E-state index is 10.0. The van der Waals surface area contributed by atoms with Crippen molar-refractivity contribution in [2.24, 2.45) is 17.3 Å². The maximum absolute atomic E-state index is 10.0. The SMILES string of the molecule is CC1(C)C2CC=C(COCC(O)CNCc3ccncc3)C1C2.O=C(O)C(=O)O. The molecule has 1 fully saturated rings. The van der Waals surface area contributed by atoms with Crippen molar-refractivity contribution in [3.8, 4) is 0 Å². The molecule has 0 saturated heterocycles. The van der Waals surface area contributed by atoms with Gasteiger partial charge in [-0.2, -0.15) is 0 Å². The van der Waals surface area contributed by atoms with Gasteiger partial charge in [0.05, 0.1) is 19.3 Å². The van der Waals surface area contributed by atoms with Gasteiger partial charge >= 0.3 is 11.9 Å². The molecule has 0 spiro atoms. The molecule has 3 atom stereocenters. The summed E-state index contributed by atoms with van der Waals surface area (Å²) in [7, 11) is 0. The van der Waals surface area contributed by atoms with Gasteiger partial charge in [-0.15, -0.1) is 0 Å². The summed E-state index contributed by atoms with van der Waals surface area (Å²) in [5, 5.41) is 28.0. The van der Waals surface area contributed by atoms with Crippen molar-refractivity contribution in [3.63, 3.8) is 0 Å². The van der Waals surface area contributed by atoms with Crippen molar-refractivity contribution < 1.29 is 29.6 Å². The van der Waals surface area contributed by atoms with Gasteiger partial charge < -0.3 is 25.4 Å². The lowest BCUT2D eigenvalue weighted by Gasteiger charge is -2.56. The fourth-order valence-electron chi connectivity index (χ4n) is 3.90. The molecular formula is C21H30N2O6. The number of carbonyl (C=O) groups is 2. The predicted octanol–water partition coefficient (Wildman–Crippen LogP) is 1.70. The van der Waals surface area contributed by atoms with Gasteiger partial charge in [0.25, 0.3) is 0 Å². The molecule has 1 aromatic heterocycles. The summed E-state index contributed by atoms with van der Waals surface area (Å²) in [5.74, 6) is -2.10. The first-order chi connectivity index (χ1) is 13.7. The summed E-state index contributed by atoms with van der Waals surface area (Å²) < 4.78 is 5.76. The number of aliphatic hydroxyl groups is 1. The van der Waals surface area contributed by atoms with Crippen LogP contribution < -0.4 is 5.32 Å². The molecule has 8 heteroatoms. The zero-order valence-electron chi connectivity index (χ0n) is 16.9. The topological polar surface area (TPSA) is 129 Å². The first-order valence-electron chi connectivity index (χ1n) is 9.72. The highest BCUT2D eigenvalue weighted by molar-refractivity contribution is 6.27. The van der Waals surface area contributed by atoms with E-state index in [9.17, 15) is 5.11 Å². The van der Waals surface area contributed by atoms with Crippen LogP contribution >= 0.6 is 0 Å². The number of aliphatic hydroxyl groups excluding tert-OH is 1. The quantitative estimate of drug-likeness (QED) is 0.379. The average Bonchev–Trinajstić information content (AvgIpc) is 2.69. The molecule has 0 aliphatic heterocycles.